The molecule has 0 saturated carbocycles. The van der Waals surface area contributed by atoms with Gasteiger partial charge in [-0.15, -0.1) is 0 Å². The molecule has 0 bridgehead atoms. The normalized spacial score (nSPS) is 11.8. The van der Waals surface area contributed by atoms with Crippen molar-refractivity contribution in [1.29, 1.82) is 0 Å². The smallest absolute Gasteiger partial charge is 0.128 e. The van der Waals surface area contributed by atoms with Crippen LogP contribution in [0.5, 0.6) is 0 Å². The average Bonchev–Trinajstić information content (AvgIpc) is 1.81. The molecular weight excluding hydrogens is 100 g/mol. The predicted molar refractivity (Wildman–Crippen MR) is 37.8 cm³/mol. The van der Waals surface area contributed by atoms with Gasteiger partial charge in [0, 0.05) is 6.21 Å². The van der Waals surface area contributed by atoms with Crippen LogP contribution >= 0.6 is 0 Å². The zero-order chi connectivity index (χ0) is 6.24. The topological polar surface area (TPSA) is 24.7 Å². The molecule has 0 N–H and O–H groups in total. The monoisotopic (exact) mass is 112 g/mol. The molecule has 0 atom stereocenters. The van der Waals surface area contributed by atoms with E-state index in [-0.39, 0.29) is 0 Å². The maximum absolute atomic E-state index is 3.96. The van der Waals surface area contributed by atoms with E-state index in [1.54, 1.807) is 6.21 Å². The summed E-state index contributed by atoms with van der Waals surface area (Å²) in [5, 5.41) is 0. The van der Waals surface area contributed by atoms with Crippen molar-refractivity contribution < 1.29 is 0 Å². The molecule has 8 heavy (non-hydrogen) atoms. The first kappa shape index (κ1) is 7.34. The van der Waals surface area contributed by atoms with Crippen molar-refractivity contribution in [2.24, 2.45) is 9.98 Å². The van der Waals surface area contributed by atoms with E-state index < -0.39 is 0 Å². The highest BCUT2D eigenvalue weighted by Crippen LogP contribution is 1.71. The Morgan fingerprint density at radius 3 is 2.62 bits per heavy atom. The Labute approximate surface area is 50.4 Å². The Morgan fingerprint density at radius 1 is 1.38 bits per heavy atom. The lowest BCUT2D eigenvalue weighted by Gasteiger charge is -1.79. The van der Waals surface area contributed by atoms with Gasteiger partial charge in [0.15, 0.2) is 0 Å². The first-order chi connectivity index (χ1) is 3.91. The SMILES string of the molecule is CC=NCN=CCC. The van der Waals surface area contributed by atoms with Crippen LogP contribution in [0.2, 0.25) is 0 Å². The number of rotatable bonds is 3. The van der Waals surface area contributed by atoms with Gasteiger partial charge in [0.05, 0.1) is 0 Å². The van der Waals surface area contributed by atoms with Gasteiger partial charge in [-0.25, -0.2) is 0 Å². The van der Waals surface area contributed by atoms with Gasteiger partial charge in [0.25, 0.3) is 0 Å². The van der Waals surface area contributed by atoms with Gasteiger partial charge in [-0.1, -0.05) is 6.92 Å². The van der Waals surface area contributed by atoms with Crippen molar-refractivity contribution in [2.45, 2.75) is 20.3 Å². The summed E-state index contributed by atoms with van der Waals surface area (Å²) in [6, 6.07) is 0. The maximum atomic E-state index is 3.96. The van der Waals surface area contributed by atoms with Crippen LogP contribution in [0.4, 0.5) is 0 Å². The van der Waals surface area contributed by atoms with Crippen LogP contribution < -0.4 is 0 Å². The molecule has 0 saturated heterocycles. The average molecular weight is 112 g/mol. The third-order valence-electron chi connectivity index (χ3n) is 0.658. The van der Waals surface area contributed by atoms with Crippen LogP contribution in [0.15, 0.2) is 9.98 Å². The highest BCUT2D eigenvalue weighted by Gasteiger charge is 1.65. The Morgan fingerprint density at radius 2 is 2.12 bits per heavy atom. The summed E-state index contributed by atoms with van der Waals surface area (Å²) in [5.74, 6) is 0. The molecule has 0 aliphatic carbocycles. The molecule has 0 spiro atoms. The third kappa shape index (κ3) is 5.34. The molecular formula is C6H12N2. The quantitative estimate of drug-likeness (QED) is 0.494. The first-order valence-corrected chi connectivity index (χ1v) is 2.84. The van der Waals surface area contributed by atoms with Crippen LogP contribution in [0.1, 0.15) is 20.3 Å². The van der Waals surface area contributed by atoms with Crippen LogP contribution in [-0.2, 0) is 0 Å². The molecule has 0 aliphatic rings. The minimum Gasteiger partial charge on any atom is -0.274 e. The van der Waals surface area contributed by atoms with E-state index in [4.69, 9.17) is 0 Å². The first-order valence-electron chi connectivity index (χ1n) is 2.84. The van der Waals surface area contributed by atoms with E-state index in [9.17, 15) is 0 Å². The molecule has 0 aromatic carbocycles. The van der Waals surface area contributed by atoms with E-state index in [2.05, 4.69) is 16.9 Å². The van der Waals surface area contributed by atoms with Gasteiger partial charge >= 0.3 is 0 Å². The second kappa shape index (κ2) is 6.34. The molecule has 2 nitrogen and oxygen atoms in total. The number of aliphatic imine (C=N–C) groups is 2. The molecule has 0 aromatic heterocycles. The number of hydrogen-bond acceptors (Lipinski definition) is 2. The molecule has 2 heteroatoms. The molecule has 0 fully saturated rings. The van der Waals surface area contributed by atoms with Gasteiger partial charge in [-0.3, -0.25) is 9.98 Å². The van der Waals surface area contributed by atoms with Crippen molar-refractivity contribution in [1.82, 2.24) is 0 Å². The van der Waals surface area contributed by atoms with E-state index in [1.807, 2.05) is 13.1 Å². The fourth-order valence-electron chi connectivity index (χ4n) is 0.316. The van der Waals surface area contributed by atoms with Crippen LogP contribution in [0, 0.1) is 0 Å². The van der Waals surface area contributed by atoms with Crippen LogP contribution in [0.3, 0.4) is 0 Å². The molecule has 0 rings (SSSR count). The summed E-state index contributed by atoms with van der Waals surface area (Å²) in [5.41, 5.74) is 0. The Bertz CT molecular complexity index is 84.5. The predicted octanol–water partition coefficient (Wildman–Crippen LogP) is 1.52. The van der Waals surface area contributed by atoms with Gasteiger partial charge in [-0.05, 0) is 19.6 Å². The van der Waals surface area contributed by atoms with Crippen molar-refractivity contribution in [3.05, 3.63) is 0 Å². The van der Waals surface area contributed by atoms with E-state index >= 15 is 0 Å². The van der Waals surface area contributed by atoms with Crippen molar-refractivity contribution in [3.63, 3.8) is 0 Å². The minimum absolute atomic E-state index is 0.588. The summed E-state index contributed by atoms with van der Waals surface area (Å²) < 4.78 is 0. The van der Waals surface area contributed by atoms with Gasteiger partial charge in [-0.2, -0.15) is 0 Å². The fourth-order valence-corrected chi connectivity index (χ4v) is 0.316. The largest absolute Gasteiger partial charge is 0.274 e. The zero-order valence-electron chi connectivity index (χ0n) is 5.46. The highest BCUT2D eigenvalue weighted by atomic mass is 14.9. The summed E-state index contributed by atoms with van der Waals surface area (Å²) in [6.07, 6.45) is 4.62. The lowest BCUT2D eigenvalue weighted by Crippen LogP contribution is -1.74. The van der Waals surface area contributed by atoms with Crippen LogP contribution in [-0.4, -0.2) is 19.1 Å². The van der Waals surface area contributed by atoms with Crippen molar-refractivity contribution in [2.75, 3.05) is 6.67 Å². The lowest BCUT2D eigenvalue weighted by molar-refractivity contribution is 1.07. The summed E-state index contributed by atoms with van der Waals surface area (Å²) in [6.45, 7) is 4.53. The lowest BCUT2D eigenvalue weighted by atomic mass is 10.5. The summed E-state index contributed by atoms with van der Waals surface area (Å²) in [7, 11) is 0. The second-order valence-corrected chi connectivity index (χ2v) is 1.36. The standard InChI is InChI=1S/C6H12N2/c1-3-5-8-6-7-4-2/h4-5H,3,6H2,1-2H3. The Kier molecular flexibility index (Phi) is 5.82. The molecule has 0 unspecified atom stereocenters. The Balaban J connectivity index is 3.03. The minimum atomic E-state index is 0.588. The molecule has 0 amide bonds. The van der Waals surface area contributed by atoms with E-state index in [1.165, 1.54) is 0 Å². The Hall–Kier alpha value is -0.660. The molecule has 0 aromatic rings. The maximum Gasteiger partial charge on any atom is 0.128 e. The molecule has 0 heterocycles. The molecule has 46 valence electrons. The third-order valence-corrected chi connectivity index (χ3v) is 0.658. The highest BCUT2D eigenvalue weighted by molar-refractivity contribution is 5.57. The van der Waals surface area contributed by atoms with E-state index in [0.29, 0.717) is 6.67 Å². The summed E-state index contributed by atoms with van der Waals surface area (Å²) in [4.78, 5) is 7.84. The van der Waals surface area contributed by atoms with Crippen LogP contribution in [0.25, 0.3) is 0 Å². The van der Waals surface area contributed by atoms with Gasteiger partial charge in [0.2, 0.25) is 0 Å². The van der Waals surface area contributed by atoms with Crippen molar-refractivity contribution in [3.8, 4) is 0 Å². The van der Waals surface area contributed by atoms with Crippen molar-refractivity contribution >= 4 is 12.4 Å². The number of hydrogen-bond donors (Lipinski definition) is 0. The van der Waals surface area contributed by atoms with Gasteiger partial charge < -0.3 is 0 Å². The fraction of sp³-hybridized carbons (Fsp3) is 0.667. The number of nitrogens with zero attached hydrogens (tertiary/aromatic N) is 2. The molecule has 0 aliphatic heterocycles. The summed E-state index contributed by atoms with van der Waals surface area (Å²) >= 11 is 0. The van der Waals surface area contributed by atoms with E-state index in [0.717, 1.165) is 6.42 Å². The zero-order valence-corrected chi connectivity index (χ0v) is 5.46. The second-order valence-electron chi connectivity index (χ2n) is 1.36. The molecule has 0 radical (unpaired) electrons. The van der Waals surface area contributed by atoms with Gasteiger partial charge in [0.1, 0.15) is 6.67 Å².